The molecule has 1 unspecified atom stereocenters. The third kappa shape index (κ3) is 4.03. The van der Waals surface area contributed by atoms with Gasteiger partial charge in [-0.25, -0.2) is 4.21 Å². The summed E-state index contributed by atoms with van der Waals surface area (Å²) in [4.78, 5) is 1.92. The van der Waals surface area contributed by atoms with Crippen LogP contribution in [0.4, 0.5) is 0 Å². The van der Waals surface area contributed by atoms with Crippen LogP contribution in [0.15, 0.2) is 44.8 Å². The second-order valence-corrected chi connectivity index (χ2v) is 7.35. The fraction of sp³-hybridized carbons (Fsp3) is 0.412. The topological polar surface area (TPSA) is 17.1 Å². The summed E-state index contributed by atoms with van der Waals surface area (Å²) in [6.45, 7) is 4.28. The van der Waals surface area contributed by atoms with Gasteiger partial charge in [-0.2, -0.15) is 11.3 Å². The van der Waals surface area contributed by atoms with E-state index in [1.165, 1.54) is 36.8 Å². The molecule has 0 radical (unpaired) electrons. The van der Waals surface area contributed by atoms with Crippen molar-refractivity contribution in [1.29, 1.82) is 0 Å². The quantitative estimate of drug-likeness (QED) is 0.630. The van der Waals surface area contributed by atoms with E-state index in [2.05, 4.69) is 19.2 Å². The molecule has 0 aliphatic rings. The van der Waals surface area contributed by atoms with Gasteiger partial charge in [-0.1, -0.05) is 43.9 Å². The van der Waals surface area contributed by atoms with E-state index in [0.717, 1.165) is 16.2 Å². The van der Waals surface area contributed by atoms with Crippen LogP contribution >= 0.6 is 11.3 Å². The summed E-state index contributed by atoms with van der Waals surface area (Å²) in [5.74, 6) is 0. The van der Waals surface area contributed by atoms with E-state index < -0.39 is 10.8 Å². The molecule has 108 valence electrons. The van der Waals surface area contributed by atoms with E-state index in [4.69, 9.17) is 0 Å². The summed E-state index contributed by atoms with van der Waals surface area (Å²) in [5.41, 5.74) is 2.47. The Morgan fingerprint density at radius 2 is 1.80 bits per heavy atom. The molecule has 0 fully saturated rings. The van der Waals surface area contributed by atoms with Gasteiger partial charge in [0.1, 0.15) is 0 Å². The molecule has 1 atom stereocenters. The van der Waals surface area contributed by atoms with Gasteiger partial charge >= 0.3 is 0 Å². The van der Waals surface area contributed by atoms with Gasteiger partial charge in [-0.3, -0.25) is 0 Å². The highest BCUT2D eigenvalue weighted by Gasteiger charge is 2.12. The first kappa shape index (κ1) is 15.5. The lowest BCUT2D eigenvalue weighted by atomic mass is 10.1. The smallest absolute Gasteiger partial charge is 0.0860 e. The van der Waals surface area contributed by atoms with E-state index in [1.807, 2.05) is 29.6 Å². The fourth-order valence-electron chi connectivity index (χ4n) is 2.19. The van der Waals surface area contributed by atoms with Crippen LogP contribution in [0.25, 0.3) is 0 Å². The first-order valence-corrected chi connectivity index (χ1v) is 9.35. The van der Waals surface area contributed by atoms with Crippen molar-refractivity contribution in [3.05, 3.63) is 46.2 Å². The first-order valence-electron chi connectivity index (χ1n) is 7.26. The van der Waals surface area contributed by atoms with Crippen LogP contribution in [0.2, 0.25) is 0 Å². The fourth-order valence-corrected chi connectivity index (χ4v) is 4.57. The lowest BCUT2D eigenvalue weighted by Crippen LogP contribution is -1.96. The van der Waals surface area contributed by atoms with E-state index >= 15 is 0 Å². The number of hydrogen-bond acceptors (Lipinski definition) is 2. The van der Waals surface area contributed by atoms with E-state index in [9.17, 15) is 4.21 Å². The summed E-state index contributed by atoms with van der Waals surface area (Å²) in [7, 11) is -1.03. The Hall–Kier alpha value is -0.930. The summed E-state index contributed by atoms with van der Waals surface area (Å²) in [6, 6.07) is 8.01. The second-order valence-electron chi connectivity index (χ2n) is 5.15. The Morgan fingerprint density at radius 1 is 1.05 bits per heavy atom. The van der Waals surface area contributed by atoms with Gasteiger partial charge in [-0.05, 0) is 42.8 Å². The zero-order valence-corrected chi connectivity index (χ0v) is 13.9. The standard InChI is InChI=1S/C17H22OS2/c1-3-4-5-6-7-15-12-19-13-17(15)20(18)16-10-8-14(2)9-11-16/h8-13H,3-7H2,1-2H3. The lowest BCUT2D eigenvalue weighted by Gasteiger charge is -2.05. The maximum Gasteiger partial charge on any atom is 0.0860 e. The van der Waals surface area contributed by atoms with Crippen molar-refractivity contribution < 1.29 is 4.21 Å². The van der Waals surface area contributed by atoms with Crippen LogP contribution in [0.5, 0.6) is 0 Å². The van der Waals surface area contributed by atoms with E-state index in [-0.39, 0.29) is 0 Å². The number of thiophene rings is 1. The van der Waals surface area contributed by atoms with Crippen LogP contribution in [-0.2, 0) is 17.2 Å². The Bertz CT molecular complexity index is 555. The third-order valence-corrected chi connectivity index (χ3v) is 5.86. The van der Waals surface area contributed by atoms with Crippen molar-refractivity contribution >= 4 is 22.1 Å². The molecule has 0 bridgehead atoms. The Kier molecular flexibility index (Phi) is 5.99. The predicted molar refractivity (Wildman–Crippen MR) is 88.0 cm³/mol. The van der Waals surface area contributed by atoms with Gasteiger partial charge in [0, 0.05) is 10.3 Å². The Morgan fingerprint density at radius 3 is 2.50 bits per heavy atom. The minimum Gasteiger partial charge on any atom is -0.249 e. The maximum absolute atomic E-state index is 12.6. The van der Waals surface area contributed by atoms with Crippen LogP contribution in [0.3, 0.4) is 0 Å². The summed E-state index contributed by atoms with van der Waals surface area (Å²) < 4.78 is 12.6. The molecule has 0 saturated carbocycles. The molecular formula is C17H22OS2. The molecule has 0 aliphatic heterocycles. The first-order chi connectivity index (χ1) is 9.72. The predicted octanol–water partition coefficient (Wildman–Crippen LogP) is 5.35. The molecule has 0 saturated heterocycles. The molecule has 0 spiro atoms. The molecule has 0 amide bonds. The van der Waals surface area contributed by atoms with E-state index in [1.54, 1.807) is 11.3 Å². The van der Waals surface area contributed by atoms with Crippen molar-refractivity contribution in [3.63, 3.8) is 0 Å². The monoisotopic (exact) mass is 306 g/mol. The maximum atomic E-state index is 12.6. The van der Waals surface area contributed by atoms with Gasteiger partial charge < -0.3 is 0 Å². The van der Waals surface area contributed by atoms with Crippen molar-refractivity contribution in [1.82, 2.24) is 0 Å². The summed E-state index contributed by atoms with van der Waals surface area (Å²) >= 11 is 1.66. The average molecular weight is 306 g/mol. The number of benzene rings is 1. The number of aryl methyl sites for hydroxylation is 2. The lowest BCUT2D eigenvalue weighted by molar-refractivity contribution is 0.661. The van der Waals surface area contributed by atoms with Crippen LogP contribution in [-0.4, -0.2) is 4.21 Å². The van der Waals surface area contributed by atoms with Gasteiger partial charge in [-0.15, -0.1) is 0 Å². The Balaban J connectivity index is 2.07. The third-order valence-electron chi connectivity index (χ3n) is 3.44. The van der Waals surface area contributed by atoms with Crippen molar-refractivity contribution in [3.8, 4) is 0 Å². The zero-order chi connectivity index (χ0) is 14.4. The Labute approximate surface area is 128 Å². The number of rotatable bonds is 7. The minimum atomic E-state index is -1.03. The van der Waals surface area contributed by atoms with Crippen LogP contribution in [0.1, 0.15) is 43.7 Å². The molecular weight excluding hydrogens is 284 g/mol. The SMILES string of the molecule is CCCCCCc1cscc1S(=O)c1ccc(C)cc1. The molecule has 1 aromatic carbocycles. The largest absolute Gasteiger partial charge is 0.249 e. The summed E-state index contributed by atoms with van der Waals surface area (Å²) in [5, 5.41) is 4.21. The average Bonchev–Trinajstić information content (AvgIpc) is 2.92. The highest BCUT2D eigenvalue weighted by Crippen LogP contribution is 2.25. The summed E-state index contributed by atoms with van der Waals surface area (Å²) in [6.07, 6.45) is 6.06. The van der Waals surface area contributed by atoms with Gasteiger partial charge in [0.25, 0.3) is 0 Å². The van der Waals surface area contributed by atoms with Crippen molar-refractivity contribution in [2.24, 2.45) is 0 Å². The molecule has 1 nitrogen and oxygen atoms in total. The number of hydrogen-bond donors (Lipinski definition) is 0. The van der Waals surface area contributed by atoms with Gasteiger partial charge in [0.15, 0.2) is 0 Å². The highest BCUT2D eigenvalue weighted by atomic mass is 32.2. The molecule has 3 heteroatoms. The van der Waals surface area contributed by atoms with E-state index in [0.29, 0.717) is 0 Å². The van der Waals surface area contributed by atoms with Gasteiger partial charge in [0.05, 0.1) is 15.7 Å². The molecule has 0 aliphatic carbocycles. The van der Waals surface area contributed by atoms with Crippen molar-refractivity contribution in [2.45, 2.75) is 55.7 Å². The molecule has 2 aromatic rings. The van der Waals surface area contributed by atoms with Crippen LogP contribution < -0.4 is 0 Å². The molecule has 1 heterocycles. The zero-order valence-electron chi connectivity index (χ0n) is 12.2. The number of unbranched alkanes of at least 4 members (excludes halogenated alkanes) is 3. The molecule has 2 rings (SSSR count). The van der Waals surface area contributed by atoms with Crippen LogP contribution in [0, 0.1) is 6.92 Å². The molecule has 20 heavy (non-hydrogen) atoms. The highest BCUT2D eigenvalue weighted by molar-refractivity contribution is 7.85. The molecule has 1 aromatic heterocycles. The van der Waals surface area contributed by atoms with Crippen molar-refractivity contribution in [2.75, 3.05) is 0 Å². The normalized spacial score (nSPS) is 12.5. The van der Waals surface area contributed by atoms with Gasteiger partial charge in [0.2, 0.25) is 0 Å². The molecule has 0 N–H and O–H groups in total. The second kappa shape index (κ2) is 7.75. The minimum absolute atomic E-state index is 0.906.